The molecule has 0 radical (unpaired) electrons. The molecule has 0 fully saturated rings. The largest absolute Gasteiger partial charge is 0.494 e. The van der Waals surface area contributed by atoms with E-state index in [1.54, 1.807) is 30.3 Å². The molecule has 2 aromatic carbocycles. The number of carbonyl (C=O) groups excluding carboxylic acids is 3. The Hall–Kier alpha value is -3.75. The summed E-state index contributed by atoms with van der Waals surface area (Å²) in [5, 5.41) is 13.3. The number of carbonyl (C=O) groups is 3. The van der Waals surface area contributed by atoms with Gasteiger partial charge in [0, 0.05) is 18.1 Å². The van der Waals surface area contributed by atoms with Crippen molar-refractivity contribution in [1.29, 1.82) is 0 Å². The molecule has 1 atom stereocenters. The van der Waals surface area contributed by atoms with Crippen LogP contribution in [-0.2, 0) is 14.3 Å². The normalized spacial score (nSPS) is 11.2. The zero-order chi connectivity index (χ0) is 21.4. The van der Waals surface area contributed by atoms with E-state index in [9.17, 15) is 24.5 Å². The van der Waals surface area contributed by atoms with Gasteiger partial charge in [-0.2, -0.15) is 0 Å². The average Bonchev–Trinajstić information content (AvgIpc) is 2.72. The standard InChI is InChI=1S/C20H20N2O7/c1-13(29-19(24)11-10-17(23)14-6-4-3-5-7-14)20(25)21-16-9-8-15(22(26)27)12-18(16)28-2/h3-9,12-13H,10-11H2,1-2H3,(H,21,25)/t13-/m0/s1. The van der Waals surface area contributed by atoms with Gasteiger partial charge in [-0.1, -0.05) is 30.3 Å². The summed E-state index contributed by atoms with van der Waals surface area (Å²) in [6, 6.07) is 12.2. The number of hydrogen-bond donors (Lipinski definition) is 1. The van der Waals surface area contributed by atoms with E-state index in [4.69, 9.17) is 9.47 Å². The molecule has 0 aliphatic heterocycles. The number of non-ortho nitro benzene ring substituents is 1. The summed E-state index contributed by atoms with van der Waals surface area (Å²) in [5.74, 6) is -1.43. The van der Waals surface area contributed by atoms with Gasteiger partial charge in [-0.05, 0) is 13.0 Å². The third-order valence-electron chi connectivity index (χ3n) is 3.98. The molecule has 1 amide bonds. The quantitative estimate of drug-likeness (QED) is 0.297. The van der Waals surface area contributed by atoms with Gasteiger partial charge in [0.05, 0.1) is 30.2 Å². The molecule has 0 aliphatic carbocycles. The molecule has 9 heteroatoms. The van der Waals surface area contributed by atoms with Crippen molar-refractivity contribution in [3.8, 4) is 5.75 Å². The molecule has 9 nitrogen and oxygen atoms in total. The van der Waals surface area contributed by atoms with Crippen molar-refractivity contribution < 1.29 is 28.8 Å². The number of nitrogens with one attached hydrogen (secondary N) is 1. The average molecular weight is 400 g/mol. The van der Waals surface area contributed by atoms with Gasteiger partial charge in [0.1, 0.15) is 5.75 Å². The fraction of sp³-hybridized carbons (Fsp3) is 0.250. The van der Waals surface area contributed by atoms with E-state index in [-0.39, 0.29) is 35.7 Å². The third kappa shape index (κ3) is 6.13. The van der Waals surface area contributed by atoms with Crippen molar-refractivity contribution in [2.75, 3.05) is 12.4 Å². The van der Waals surface area contributed by atoms with Crippen molar-refractivity contribution in [2.45, 2.75) is 25.9 Å². The first kappa shape index (κ1) is 21.5. The molecular weight excluding hydrogens is 380 g/mol. The van der Waals surface area contributed by atoms with Gasteiger partial charge in [0.15, 0.2) is 11.9 Å². The van der Waals surface area contributed by atoms with E-state index in [2.05, 4.69) is 5.32 Å². The minimum absolute atomic E-state index is 0.0344. The molecule has 0 unspecified atom stereocenters. The molecule has 0 aliphatic rings. The van der Waals surface area contributed by atoms with Gasteiger partial charge in [-0.3, -0.25) is 24.5 Å². The number of hydrogen-bond acceptors (Lipinski definition) is 7. The molecular formula is C20H20N2O7. The Balaban J connectivity index is 1.89. The summed E-state index contributed by atoms with van der Waals surface area (Å²) in [4.78, 5) is 46.4. The highest BCUT2D eigenvalue weighted by atomic mass is 16.6. The minimum atomic E-state index is -1.13. The lowest BCUT2D eigenvalue weighted by atomic mass is 10.1. The summed E-state index contributed by atoms with van der Waals surface area (Å²) in [6.45, 7) is 1.38. The van der Waals surface area contributed by atoms with Crippen LogP contribution in [0, 0.1) is 10.1 Å². The highest BCUT2D eigenvalue weighted by molar-refractivity contribution is 5.98. The molecule has 2 rings (SSSR count). The predicted octanol–water partition coefficient (Wildman–Crippen LogP) is 3.14. The Morgan fingerprint density at radius 1 is 1.10 bits per heavy atom. The van der Waals surface area contributed by atoms with Crippen LogP contribution in [0.25, 0.3) is 0 Å². The van der Waals surface area contributed by atoms with Crippen molar-refractivity contribution in [3.63, 3.8) is 0 Å². The van der Waals surface area contributed by atoms with E-state index < -0.39 is 22.9 Å². The number of esters is 1. The summed E-state index contributed by atoms with van der Waals surface area (Å²) < 4.78 is 10.1. The number of anilines is 1. The number of ketones is 1. The van der Waals surface area contributed by atoms with Crippen LogP contribution in [0.5, 0.6) is 5.75 Å². The van der Waals surface area contributed by atoms with E-state index in [1.807, 2.05) is 0 Å². The molecule has 0 saturated carbocycles. The molecule has 0 heterocycles. The Bertz CT molecular complexity index is 912. The maximum atomic E-state index is 12.2. The SMILES string of the molecule is COc1cc([N+](=O)[O-])ccc1NC(=O)[C@H](C)OC(=O)CCC(=O)c1ccccc1. The van der Waals surface area contributed by atoms with Gasteiger partial charge in [0.2, 0.25) is 0 Å². The Morgan fingerprint density at radius 3 is 2.41 bits per heavy atom. The second-order valence-electron chi connectivity index (χ2n) is 6.05. The van der Waals surface area contributed by atoms with Crippen LogP contribution < -0.4 is 10.1 Å². The number of rotatable bonds is 9. The maximum Gasteiger partial charge on any atom is 0.307 e. The number of amides is 1. The van der Waals surface area contributed by atoms with Crippen LogP contribution in [0.3, 0.4) is 0 Å². The molecule has 0 spiro atoms. The van der Waals surface area contributed by atoms with Crippen LogP contribution in [0.15, 0.2) is 48.5 Å². The fourth-order valence-electron chi connectivity index (χ4n) is 2.42. The van der Waals surface area contributed by atoms with Crippen LogP contribution in [0.2, 0.25) is 0 Å². The number of methoxy groups -OCH3 is 1. The first-order chi connectivity index (χ1) is 13.8. The number of nitro benzene ring substituents is 1. The number of benzene rings is 2. The second-order valence-corrected chi connectivity index (χ2v) is 6.05. The van der Waals surface area contributed by atoms with E-state index in [0.29, 0.717) is 5.56 Å². The van der Waals surface area contributed by atoms with E-state index in [1.165, 1.54) is 32.2 Å². The summed E-state index contributed by atoms with van der Waals surface area (Å²) >= 11 is 0. The molecule has 0 saturated heterocycles. The maximum absolute atomic E-state index is 12.2. The smallest absolute Gasteiger partial charge is 0.307 e. The van der Waals surface area contributed by atoms with Crippen molar-refractivity contribution in [1.82, 2.24) is 0 Å². The number of Topliss-reactive ketones (excluding diaryl/α,β-unsaturated/α-hetero) is 1. The number of nitro groups is 1. The lowest BCUT2D eigenvalue weighted by molar-refractivity contribution is -0.384. The Labute approximate surface area is 166 Å². The van der Waals surface area contributed by atoms with Gasteiger partial charge in [-0.25, -0.2) is 0 Å². The zero-order valence-electron chi connectivity index (χ0n) is 15.9. The molecule has 1 N–H and O–H groups in total. The highest BCUT2D eigenvalue weighted by Gasteiger charge is 2.21. The third-order valence-corrected chi connectivity index (χ3v) is 3.98. The van der Waals surface area contributed by atoms with Gasteiger partial charge in [0.25, 0.3) is 11.6 Å². The minimum Gasteiger partial charge on any atom is -0.494 e. The van der Waals surface area contributed by atoms with Crippen LogP contribution >= 0.6 is 0 Å². The van der Waals surface area contributed by atoms with Crippen molar-refractivity contribution >= 4 is 29.0 Å². The molecule has 0 aromatic heterocycles. The van der Waals surface area contributed by atoms with Crippen LogP contribution in [-0.4, -0.2) is 35.8 Å². The van der Waals surface area contributed by atoms with Gasteiger partial charge in [-0.15, -0.1) is 0 Å². The van der Waals surface area contributed by atoms with E-state index >= 15 is 0 Å². The topological polar surface area (TPSA) is 125 Å². The molecule has 29 heavy (non-hydrogen) atoms. The number of ether oxygens (including phenoxy) is 2. The number of nitrogens with zero attached hydrogens (tertiary/aromatic N) is 1. The summed E-state index contributed by atoms with van der Waals surface area (Å²) in [7, 11) is 1.31. The fourth-order valence-corrected chi connectivity index (χ4v) is 2.42. The summed E-state index contributed by atoms with van der Waals surface area (Å²) in [6.07, 6.45) is -1.33. The predicted molar refractivity (Wildman–Crippen MR) is 104 cm³/mol. The van der Waals surface area contributed by atoms with Gasteiger partial charge < -0.3 is 14.8 Å². The lowest BCUT2D eigenvalue weighted by Gasteiger charge is -2.15. The van der Waals surface area contributed by atoms with Crippen molar-refractivity contribution in [2.24, 2.45) is 0 Å². The highest BCUT2D eigenvalue weighted by Crippen LogP contribution is 2.29. The van der Waals surface area contributed by atoms with Gasteiger partial charge >= 0.3 is 5.97 Å². The first-order valence-electron chi connectivity index (χ1n) is 8.73. The Morgan fingerprint density at radius 2 is 1.79 bits per heavy atom. The first-order valence-corrected chi connectivity index (χ1v) is 8.73. The Kier molecular flexibility index (Phi) is 7.41. The van der Waals surface area contributed by atoms with Crippen LogP contribution in [0.4, 0.5) is 11.4 Å². The second kappa shape index (κ2) is 9.98. The van der Waals surface area contributed by atoms with Crippen LogP contribution in [0.1, 0.15) is 30.1 Å². The molecule has 2 aromatic rings. The monoisotopic (exact) mass is 400 g/mol. The molecule has 0 bridgehead atoms. The van der Waals surface area contributed by atoms with Crippen molar-refractivity contribution in [3.05, 3.63) is 64.2 Å². The summed E-state index contributed by atoms with van der Waals surface area (Å²) in [5.41, 5.74) is 0.504. The van der Waals surface area contributed by atoms with E-state index in [0.717, 1.165) is 0 Å². The molecule has 152 valence electrons. The lowest BCUT2D eigenvalue weighted by Crippen LogP contribution is -2.30. The zero-order valence-corrected chi connectivity index (χ0v) is 15.9.